The van der Waals surface area contributed by atoms with E-state index in [1.165, 1.54) is 0 Å². The first-order chi connectivity index (χ1) is 12.8. The molecule has 27 heavy (non-hydrogen) atoms. The molecule has 0 radical (unpaired) electrons. The van der Waals surface area contributed by atoms with Gasteiger partial charge in [-0.2, -0.15) is 0 Å². The third-order valence-electron chi connectivity index (χ3n) is 3.51. The third kappa shape index (κ3) is 6.26. The molecule has 5 nitrogen and oxygen atoms in total. The first-order valence-electron chi connectivity index (χ1n) is 7.89. The number of amides is 2. The Labute approximate surface area is 159 Å². The van der Waals surface area contributed by atoms with Crippen molar-refractivity contribution < 1.29 is 22.8 Å². The van der Waals surface area contributed by atoms with Crippen LogP contribution in [0.3, 0.4) is 0 Å². The Morgan fingerprint density at radius 3 is 2.52 bits per heavy atom. The number of rotatable bonds is 7. The van der Waals surface area contributed by atoms with Gasteiger partial charge < -0.3 is 10.6 Å². The number of carbonyl (C=O) groups excluding carboxylic acids is 2. The quantitative estimate of drug-likeness (QED) is 0.704. The minimum Gasteiger partial charge on any atom is -0.346 e. The van der Waals surface area contributed by atoms with Gasteiger partial charge in [0.15, 0.2) is 17.5 Å². The molecule has 0 fully saturated rings. The lowest BCUT2D eigenvalue weighted by molar-refractivity contribution is -0.124. The summed E-state index contributed by atoms with van der Waals surface area (Å²) in [6.07, 6.45) is 0. The molecule has 0 unspecified atom stereocenters. The number of hydrogen-bond acceptors (Lipinski definition) is 3. The Morgan fingerprint density at radius 2 is 1.81 bits per heavy atom. The molecule has 0 aliphatic heterocycles. The van der Waals surface area contributed by atoms with Crippen molar-refractivity contribution in [2.75, 3.05) is 25.5 Å². The summed E-state index contributed by atoms with van der Waals surface area (Å²) in [5, 5.41) is 5.03. The van der Waals surface area contributed by atoms with Crippen LogP contribution in [0, 0.1) is 17.5 Å². The van der Waals surface area contributed by atoms with E-state index in [-0.39, 0.29) is 6.54 Å². The largest absolute Gasteiger partial charge is 0.346 e. The molecule has 0 atom stereocenters. The second kappa shape index (κ2) is 9.38. The molecule has 0 heterocycles. The highest BCUT2D eigenvalue weighted by atomic mass is 35.5. The molecule has 0 aliphatic rings. The van der Waals surface area contributed by atoms with E-state index in [0.717, 1.165) is 11.6 Å². The number of carbonyl (C=O) groups is 2. The third-order valence-corrected chi connectivity index (χ3v) is 3.75. The van der Waals surface area contributed by atoms with Gasteiger partial charge in [-0.3, -0.25) is 14.5 Å². The Kier molecular flexibility index (Phi) is 7.20. The van der Waals surface area contributed by atoms with Gasteiger partial charge in [-0.15, -0.1) is 0 Å². The normalized spacial score (nSPS) is 10.7. The summed E-state index contributed by atoms with van der Waals surface area (Å²) in [5.41, 5.74) is 0.413. The second-order valence-electron chi connectivity index (χ2n) is 5.85. The van der Waals surface area contributed by atoms with E-state index in [1.54, 1.807) is 30.1 Å². The minimum atomic E-state index is -1.68. The summed E-state index contributed by atoms with van der Waals surface area (Å²) >= 11 is 5.90. The van der Waals surface area contributed by atoms with E-state index in [4.69, 9.17) is 11.6 Å². The Morgan fingerprint density at radius 1 is 1.07 bits per heavy atom. The summed E-state index contributed by atoms with van der Waals surface area (Å²) in [7, 11) is 1.72. The summed E-state index contributed by atoms with van der Waals surface area (Å²) in [6, 6.07) is 8.77. The lowest BCUT2D eigenvalue weighted by atomic mass is 10.2. The fourth-order valence-electron chi connectivity index (χ4n) is 2.30. The average molecular weight is 400 g/mol. The monoisotopic (exact) mass is 399 g/mol. The molecule has 2 N–H and O–H groups in total. The molecule has 0 saturated carbocycles. The van der Waals surface area contributed by atoms with Crippen LogP contribution in [-0.2, 0) is 16.1 Å². The summed E-state index contributed by atoms with van der Waals surface area (Å²) in [4.78, 5) is 25.3. The lowest BCUT2D eigenvalue weighted by Crippen LogP contribution is -2.39. The number of halogens is 4. The van der Waals surface area contributed by atoms with Crippen molar-refractivity contribution in [1.29, 1.82) is 0 Å². The van der Waals surface area contributed by atoms with Gasteiger partial charge in [-0.05, 0) is 36.9 Å². The van der Waals surface area contributed by atoms with Gasteiger partial charge in [0.1, 0.15) is 0 Å². The molecule has 0 aromatic heterocycles. The van der Waals surface area contributed by atoms with Crippen molar-refractivity contribution >= 4 is 29.1 Å². The Balaban J connectivity index is 1.79. The number of benzene rings is 2. The van der Waals surface area contributed by atoms with Gasteiger partial charge in [0, 0.05) is 11.6 Å². The van der Waals surface area contributed by atoms with Crippen LogP contribution < -0.4 is 10.6 Å². The Bertz CT molecular complexity index is 849. The van der Waals surface area contributed by atoms with Gasteiger partial charge in [0.05, 0.1) is 18.8 Å². The van der Waals surface area contributed by atoms with Crippen LogP contribution in [0.1, 0.15) is 5.56 Å². The van der Waals surface area contributed by atoms with Gasteiger partial charge >= 0.3 is 0 Å². The summed E-state index contributed by atoms with van der Waals surface area (Å²) in [5.74, 6) is -5.75. The van der Waals surface area contributed by atoms with Crippen LogP contribution >= 0.6 is 11.6 Å². The van der Waals surface area contributed by atoms with Crippen LogP contribution in [0.5, 0.6) is 0 Å². The molecule has 0 saturated heterocycles. The van der Waals surface area contributed by atoms with E-state index in [2.05, 4.69) is 10.6 Å². The van der Waals surface area contributed by atoms with Gasteiger partial charge in [-0.1, -0.05) is 23.7 Å². The van der Waals surface area contributed by atoms with Crippen molar-refractivity contribution in [3.63, 3.8) is 0 Å². The average Bonchev–Trinajstić information content (AvgIpc) is 2.60. The smallest absolute Gasteiger partial charge is 0.243 e. The van der Waals surface area contributed by atoms with E-state index in [0.29, 0.717) is 17.6 Å². The van der Waals surface area contributed by atoms with Crippen LogP contribution in [0.15, 0.2) is 36.4 Å². The van der Waals surface area contributed by atoms with E-state index >= 15 is 0 Å². The zero-order valence-electron chi connectivity index (χ0n) is 14.4. The van der Waals surface area contributed by atoms with Crippen molar-refractivity contribution in [1.82, 2.24) is 10.2 Å². The molecule has 0 bridgehead atoms. The first kappa shape index (κ1) is 20.7. The lowest BCUT2D eigenvalue weighted by Gasteiger charge is -2.16. The minimum absolute atomic E-state index is 0.0132. The highest BCUT2D eigenvalue weighted by molar-refractivity contribution is 6.30. The molecule has 2 aromatic carbocycles. The number of nitrogens with zero attached hydrogens (tertiary/aromatic N) is 1. The van der Waals surface area contributed by atoms with Gasteiger partial charge in [0.25, 0.3) is 0 Å². The van der Waals surface area contributed by atoms with Crippen molar-refractivity contribution in [2.45, 2.75) is 6.54 Å². The molecule has 144 valence electrons. The molecule has 9 heteroatoms. The maximum Gasteiger partial charge on any atom is 0.243 e. The maximum absolute atomic E-state index is 13.5. The molecule has 2 amide bonds. The number of anilines is 1. The van der Waals surface area contributed by atoms with Gasteiger partial charge in [-0.25, -0.2) is 13.2 Å². The molecular weight excluding hydrogens is 383 g/mol. The van der Waals surface area contributed by atoms with Crippen LogP contribution in [0.25, 0.3) is 0 Å². The number of nitrogens with one attached hydrogen (secondary N) is 2. The van der Waals surface area contributed by atoms with E-state index in [9.17, 15) is 22.8 Å². The SMILES string of the molecule is CN(CC(=O)NCC(=O)Nc1ccc(F)c(F)c1F)Cc1cccc(Cl)c1. The maximum atomic E-state index is 13.5. The fraction of sp³-hybridized carbons (Fsp3) is 0.222. The summed E-state index contributed by atoms with van der Waals surface area (Å²) < 4.78 is 39.5. The fourth-order valence-corrected chi connectivity index (χ4v) is 2.51. The topological polar surface area (TPSA) is 61.4 Å². The molecule has 2 rings (SSSR count). The number of likely N-dealkylation sites (N-methyl/N-ethyl adjacent to an activating group) is 1. The van der Waals surface area contributed by atoms with E-state index < -0.39 is 41.5 Å². The molecule has 0 aliphatic carbocycles. The Hall–Kier alpha value is -2.58. The molecule has 2 aromatic rings. The van der Waals surface area contributed by atoms with Crippen LogP contribution in [-0.4, -0.2) is 36.9 Å². The summed E-state index contributed by atoms with van der Waals surface area (Å²) in [6.45, 7) is 0.0435. The van der Waals surface area contributed by atoms with E-state index in [1.807, 2.05) is 6.07 Å². The first-order valence-corrected chi connectivity index (χ1v) is 8.27. The van der Waals surface area contributed by atoms with Crippen molar-refractivity contribution in [2.24, 2.45) is 0 Å². The van der Waals surface area contributed by atoms with Gasteiger partial charge in [0.2, 0.25) is 11.8 Å². The van der Waals surface area contributed by atoms with Crippen molar-refractivity contribution in [3.05, 3.63) is 64.4 Å². The molecule has 0 spiro atoms. The zero-order valence-corrected chi connectivity index (χ0v) is 15.1. The van der Waals surface area contributed by atoms with Crippen molar-refractivity contribution in [3.8, 4) is 0 Å². The van der Waals surface area contributed by atoms with Crippen LogP contribution in [0.2, 0.25) is 5.02 Å². The predicted octanol–water partition coefficient (Wildman–Crippen LogP) is 2.94. The molecular formula is C18H17ClF3N3O2. The second-order valence-corrected chi connectivity index (χ2v) is 6.29. The highest BCUT2D eigenvalue weighted by Gasteiger charge is 2.16. The predicted molar refractivity (Wildman–Crippen MR) is 95.7 cm³/mol. The van der Waals surface area contributed by atoms with Crippen LogP contribution in [0.4, 0.5) is 18.9 Å². The highest BCUT2D eigenvalue weighted by Crippen LogP contribution is 2.19. The zero-order chi connectivity index (χ0) is 20.0. The number of hydrogen-bond donors (Lipinski definition) is 2. The standard InChI is InChI=1S/C18H17ClF3N3O2/c1-25(9-11-3-2-4-12(19)7-11)10-16(27)23-8-15(26)24-14-6-5-13(20)17(21)18(14)22/h2-7H,8-10H2,1H3,(H,23,27)(H,24,26).